The highest BCUT2D eigenvalue weighted by molar-refractivity contribution is 8.18. The Labute approximate surface area is 188 Å². The highest BCUT2D eigenvalue weighted by atomic mass is 35.5. The number of rotatable bonds is 6. The molecule has 2 aromatic carbocycles. The zero-order chi connectivity index (χ0) is 21.8. The first kappa shape index (κ1) is 22.2. The summed E-state index contributed by atoms with van der Waals surface area (Å²) in [4.78, 5) is 38.6. The summed E-state index contributed by atoms with van der Waals surface area (Å²) >= 11 is 12.8. The standard InChI is InChI=1S/C21H18Cl2N2O4S/c1-3-29-17-7-6-14(22)8-13(17)9-18-20(27)25(21(28)30-18)11-19(26)24-16-10-15(23)5-4-12(16)2/h4-10H,3,11H2,1-2H3,(H,24,26)/b18-9+. The van der Waals surface area contributed by atoms with Gasteiger partial charge in [-0.1, -0.05) is 29.3 Å². The molecule has 0 spiro atoms. The van der Waals surface area contributed by atoms with Crippen LogP contribution in [0.15, 0.2) is 41.3 Å². The van der Waals surface area contributed by atoms with Gasteiger partial charge in [0.15, 0.2) is 0 Å². The van der Waals surface area contributed by atoms with Crippen molar-refractivity contribution in [2.45, 2.75) is 13.8 Å². The van der Waals surface area contributed by atoms with Crippen LogP contribution in [0.5, 0.6) is 5.75 Å². The minimum atomic E-state index is -0.551. The molecule has 30 heavy (non-hydrogen) atoms. The average molecular weight is 465 g/mol. The molecule has 6 nitrogen and oxygen atoms in total. The number of aryl methyl sites for hydroxylation is 1. The van der Waals surface area contributed by atoms with Crippen molar-refractivity contribution in [3.05, 3.63) is 62.5 Å². The molecule has 0 radical (unpaired) electrons. The topological polar surface area (TPSA) is 75.7 Å². The molecule has 1 heterocycles. The number of halogens is 2. The van der Waals surface area contributed by atoms with E-state index in [1.165, 1.54) is 0 Å². The third-order valence-electron chi connectivity index (χ3n) is 4.21. The lowest BCUT2D eigenvalue weighted by Crippen LogP contribution is -2.36. The van der Waals surface area contributed by atoms with Crippen LogP contribution in [0, 0.1) is 6.92 Å². The van der Waals surface area contributed by atoms with Crippen LogP contribution in [0.4, 0.5) is 10.5 Å². The van der Waals surface area contributed by atoms with Crippen molar-refractivity contribution in [1.82, 2.24) is 4.90 Å². The number of amides is 3. The van der Waals surface area contributed by atoms with Crippen molar-refractivity contribution in [3.8, 4) is 5.75 Å². The van der Waals surface area contributed by atoms with Gasteiger partial charge in [0.1, 0.15) is 12.3 Å². The van der Waals surface area contributed by atoms with Crippen molar-refractivity contribution in [2.24, 2.45) is 0 Å². The minimum absolute atomic E-state index is 0.190. The molecule has 0 aromatic heterocycles. The van der Waals surface area contributed by atoms with E-state index in [1.54, 1.807) is 42.5 Å². The summed E-state index contributed by atoms with van der Waals surface area (Å²) in [7, 11) is 0. The Morgan fingerprint density at radius 1 is 1.17 bits per heavy atom. The number of ether oxygens (including phenoxy) is 1. The monoisotopic (exact) mass is 464 g/mol. The molecule has 0 unspecified atom stereocenters. The molecular weight excluding hydrogens is 447 g/mol. The van der Waals surface area contributed by atoms with Crippen LogP contribution in [0.2, 0.25) is 10.0 Å². The summed E-state index contributed by atoms with van der Waals surface area (Å²) in [5.41, 5.74) is 1.91. The van der Waals surface area contributed by atoms with Crippen molar-refractivity contribution >= 4 is 63.8 Å². The van der Waals surface area contributed by atoms with Gasteiger partial charge in [0.2, 0.25) is 5.91 Å². The van der Waals surface area contributed by atoms with Gasteiger partial charge >= 0.3 is 0 Å². The molecule has 0 atom stereocenters. The number of carbonyl (C=O) groups excluding carboxylic acids is 3. The van der Waals surface area contributed by atoms with E-state index in [1.807, 2.05) is 13.8 Å². The Morgan fingerprint density at radius 3 is 2.60 bits per heavy atom. The third kappa shape index (κ3) is 5.16. The van der Waals surface area contributed by atoms with Gasteiger partial charge < -0.3 is 10.1 Å². The van der Waals surface area contributed by atoms with Gasteiger partial charge in [-0.05, 0) is 67.6 Å². The maximum atomic E-state index is 12.7. The van der Waals surface area contributed by atoms with Gasteiger partial charge in [0, 0.05) is 21.3 Å². The smallest absolute Gasteiger partial charge is 0.294 e. The molecule has 1 N–H and O–H groups in total. The van der Waals surface area contributed by atoms with E-state index in [2.05, 4.69) is 5.32 Å². The molecule has 1 saturated heterocycles. The lowest BCUT2D eigenvalue weighted by atomic mass is 10.2. The van der Waals surface area contributed by atoms with E-state index in [0.717, 1.165) is 22.2 Å². The maximum absolute atomic E-state index is 12.7. The Hall–Kier alpha value is -2.48. The molecule has 3 rings (SSSR count). The molecule has 0 saturated carbocycles. The fourth-order valence-corrected chi connectivity index (χ4v) is 3.94. The van der Waals surface area contributed by atoms with E-state index < -0.39 is 23.6 Å². The number of nitrogens with zero attached hydrogens (tertiary/aromatic N) is 1. The Kier molecular flexibility index (Phi) is 7.07. The quantitative estimate of drug-likeness (QED) is 0.581. The van der Waals surface area contributed by atoms with Crippen LogP contribution in [-0.2, 0) is 9.59 Å². The van der Waals surface area contributed by atoms with Crippen molar-refractivity contribution in [1.29, 1.82) is 0 Å². The highest BCUT2D eigenvalue weighted by Crippen LogP contribution is 2.35. The summed E-state index contributed by atoms with van der Waals surface area (Å²) < 4.78 is 5.55. The van der Waals surface area contributed by atoms with Gasteiger partial charge in [-0.25, -0.2) is 0 Å². The van der Waals surface area contributed by atoms with Crippen molar-refractivity contribution in [3.63, 3.8) is 0 Å². The molecule has 1 fully saturated rings. The number of nitrogens with one attached hydrogen (secondary N) is 1. The predicted molar refractivity (Wildman–Crippen MR) is 120 cm³/mol. The number of thioether (sulfide) groups is 1. The summed E-state index contributed by atoms with van der Waals surface area (Å²) in [5, 5.41) is 3.10. The number of anilines is 1. The normalized spacial score (nSPS) is 15.1. The van der Waals surface area contributed by atoms with E-state index in [4.69, 9.17) is 27.9 Å². The van der Waals surface area contributed by atoms with Crippen molar-refractivity contribution in [2.75, 3.05) is 18.5 Å². The second kappa shape index (κ2) is 9.55. The summed E-state index contributed by atoms with van der Waals surface area (Å²) in [6.45, 7) is 3.69. The first-order valence-electron chi connectivity index (χ1n) is 9.02. The molecule has 9 heteroatoms. The van der Waals surface area contributed by atoms with Crippen LogP contribution < -0.4 is 10.1 Å². The fourth-order valence-electron chi connectivity index (χ4n) is 2.76. The van der Waals surface area contributed by atoms with E-state index in [-0.39, 0.29) is 4.91 Å². The number of hydrogen-bond donors (Lipinski definition) is 1. The highest BCUT2D eigenvalue weighted by Gasteiger charge is 2.36. The van der Waals surface area contributed by atoms with Gasteiger partial charge in [-0.3, -0.25) is 19.3 Å². The molecule has 1 aliphatic heterocycles. The largest absolute Gasteiger partial charge is 0.493 e. The minimum Gasteiger partial charge on any atom is -0.493 e. The molecule has 1 aliphatic rings. The lowest BCUT2D eigenvalue weighted by molar-refractivity contribution is -0.127. The molecule has 2 aromatic rings. The average Bonchev–Trinajstić information content (AvgIpc) is 2.94. The third-order valence-corrected chi connectivity index (χ3v) is 5.58. The van der Waals surface area contributed by atoms with Crippen LogP contribution >= 0.6 is 35.0 Å². The summed E-state index contributed by atoms with van der Waals surface area (Å²) in [5.74, 6) is -0.505. The lowest BCUT2D eigenvalue weighted by Gasteiger charge is -2.14. The van der Waals surface area contributed by atoms with Gasteiger partial charge in [-0.2, -0.15) is 0 Å². The number of imide groups is 1. The zero-order valence-corrected chi connectivity index (χ0v) is 18.5. The summed E-state index contributed by atoms with van der Waals surface area (Å²) in [6, 6.07) is 10.1. The molecule has 0 bridgehead atoms. The van der Waals surface area contributed by atoms with E-state index in [0.29, 0.717) is 33.7 Å². The molecule has 156 valence electrons. The second-order valence-corrected chi connectivity index (χ2v) is 8.26. The van der Waals surface area contributed by atoms with Crippen LogP contribution in [0.25, 0.3) is 6.08 Å². The Bertz CT molecular complexity index is 1060. The fraction of sp³-hybridized carbons (Fsp3) is 0.190. The van der Waals surface area contributed by atoms with Crippen LogP contribution in [-0.4, -0.2) is 35.1 Å². The zero-order valence-electron chi connectivity index (χ0n) is 16.2. The first-order chi connectivity index (χ1) is 14.3. The van der Waals surface area contributed by atoms with E-state index in [9.17, 15) is 14.4 Å². The number of benzene rings is 2. The number of carbonyl (C=O) groups is 3. The Morgan fingerprint density at radius 2 is 1.87 bits per heavy atom. The first-order valence-corrected chi connectivity index (χ1v) is 10.6. The Balaban J connectivity index is 1.76. The van der Waals surface area contributed by atoms with Gasteiger partial charge in [0.05, 0.1) is 11.5 Å². The molecule has 3 amide bonds. The maximum Gasteiger partial charge on any atom is 0.294 e. The van der Waals surface area contributed by atoms with Gasteiger partial charge in [0.25, 0.3) is 11.1 Å². The number of hydrogen-bond acceptors (Lipinski definition) is 5. The van der Waals surface area contributed by atoms with Crippen molar-refractivity contribution < 1.29 is 19.1 Å². The van der Waals surface area contributed by atoms with E-state index >= 15 is 0 Å². The van der Waals surface area contributed by atoms with Crippen LogP contribution in [0.3, 0.4) is 0 Å². The second-order valence-electron chi connectivity index (χ2n) is 6.39. The predicted octanol–water partition coefficient (Wildman–Crippen LogP) is 5.38. The van der Waals surface area contributed by atoms with Crippen LogP contribution in [0.1, 0.15) is 18.1 Å². The van der Waals surface area contributed by atoms with Gasteiger partial charge in [-0.15, -0.1) is 0 Å². The molecular formula is C21H18Cl2N2O4S. The molecule has 0 aliphatic carbocycles. The SMILES string of the molecule is CCOc1ccc(Cl)cc1/C=C1/SC(=O)N(CC(=O)Nc2cc(Cl)ccc2C)C1=O. The summed E-state index contributed by atoms with van der Waals surface area (Å²) in [6.07, 6.45) is 1.54.